The zero-order valence-electron chi connectivity index (χ0n) is 22.9. The first-order valence-electron chi connectivity index (χ1n) is 13.4. The summed E-state index contributed by atoms with van der Waals surface area (Å²) in [5.74, 6) is 2.44. The third-order valence-corrected chi connectivity index (χ3v) is 8.49. The van der Waals surface area contributed by atoms with Gasteiger partial charge in [0, 0.05) is 38.5 Å². The van der Waals surface area contributed by atoms with Crippen molar-refractivity contribution in [2.75, 3.05) is 25.9 Å². The third-order valence-electron chi connectivity index (χ3n) is 7.37. The summed E-state index contributed by atoms with van der Waals surface area (Å²) < 4.78 is 32.1. The Labute approximate surface area is 226 Å². The number of aromatic nitrogens is 2. The van der Waals surface area contributed by atoms with Crippen LogP contribution in [0.1, 0.15) is 32.3 Å². The highest BCUT2D eigenvalue weighted by Gasteiger charge is 2.21. The molecule has 0 radical (unpaired) electrons. The SMILES string of the molecule is Cc1cc(-c2ccc(OC3CCN(CC(C)C)CC3)cc2)cc2c1nc(-c1ccc(S(C)(=O)=O)cc1)n2C. The van der Waals surface area contributed by atoms with E-state index in [9.17, 15) is 8.42 Å². The average molecular weight is 532 g/mol. The molecule has 5 rings (SSSR count). The molecule has 38 heavy (non-hydrogen) atoms. The smallest absolute Gasteiger partial charge is 0.175 e. The molecule has 0 N–H and O–H groups in total. The van der Waals surface area contributed by atoms with E-state index in [0.717, 1.165) is 70.8 Å². The van der Waals surface area contributed by atoms with Crippen molar-refractivity contribution in [2.24, 2.45) is 13.0 Å². The van der Waals surface area contributed by atoms with E-state index < -0.39 is 9.84 Å². The van der Waals surface area contributed by atoms with Crippen molar-refractivity contribution in [3.05, 3.63) is 66.2 Å². The van der Waals surface area contributed by atoms with Crippen LogP contribution in [-0.2, 0) is 16.9 Å². The number of ether oxygens (including phenoxy) is 1. The van der Waals surface area contributed by atoms with Crippen molar-refractivity contribution in [3.8, 4) is 28.3 Å². The Morgan fingerprint density at radius 3 is 2.18 bits per heavy atom. The zero-order chi connectivity index (χ0) is 27.0. The molecule has 0 spiro atoms. The second kappa shape index (κ2) is 10.5. The van der Waals surface area contributed by atoms with E-state index >= 15 is 0 Å². The first-order chi connectivity index (χ1) is 18.1. The van der Waals surface area contributed by atoms with Gasteiger partial charge in [0.2, 0.25) is 0 Å². The summed E-state index contributed by atoms with van der Waals surface area (Å²) in [5, 5.41) is 0. The number of nitrogens with zero attached hydrogens (tertiary/aromatic N) is 3. The van der Waals surface area contributed by atoms with Gasteiger partial charge in [-0.2, -0.15) is 0 Å². The van der Waals surface area contributed by atoms with E-state index in [1.54, 1.807) is 12.1 Å². The number of fused-ring (bicyclic) bond motifs is 1. The molecule has 2 heterocycles. The second-order valence-electron chi connectivity index (χ2n) is 11.0. The number of aryl methyl sites for hydroxylation is 2. The lowest BCUT2D eigenvalue weighted by Crippen LogP contribution is -2.39. The number of hydrogen-bond acceptors (Lipinski definition) is 5. The molecule has 0 unspecified atom stereocenters. The Balaban J connectivity index is 1.34. The topological polar surface area (TPSA) is 64.4 Å². The van der Waals surface area contributed by atoms with Gasteiger partial charge in [0.1, 0.15) is 17.7 Å². The van der Waals surface area contributed by atoms with Crippen LogP contribution in [0.2, 0.25) is 0 Å². The number of imidazole rings is 1. The van der Waals surface area contributed by atoms with Gasteiger partial charge in [-0.15, -0.1) is 0 Å². The van der Waals surface area contributed by atoms with Gasteiger partial charge in [-0.05, 0) is 90.9 Å². The Hall–Kier alpha value is -3.16. The summed E-state index contributed by atoms with van der Waals surface area (Å²) in [5.41, 5.74) is 6.23. The number of likely N-dealkylation sites (tertiary alicyclic amines) is 1. The third kappa shape index (κ3) is 5.64. The molecule has 7 heteroatoms. The summed E-state index contributed by atoms with van der Waals surface area (Å²) in [7, 11) is -1.23. The first kappa shape index (κ1) is 26.4. The van der Waals surface area contributed by atoms with E-state index in [4.69, 9.17) is 9.72 Å². The molecule has 4 aromatic rings. The summed E-state index contributed by atoms with van der Waals surface area (Å²) in [6.45, 7) is 10.0. The fraction of sp³-hybridized carbons (Fsp3) is 0.387. The molecule has 1 fully saturated rings. The van der Waals surface area contributed by atoms with E-state index in [1.165, 1.54) is 12.8 Å². The predicted octanol–water partition coefficient (Wildman–Crippen LogP) is 6.12. The minimum absolute atomic E-state index is 0.280. The van der Waals surface area contributed by atoms with Gasteiger partial charge in [0.15, 0.2) is 9.84 Å². The van der Waals surface area contributed by atoms with Crippen LogP contribution in [0.25, 0.3) is 33.5 Å². The normalized spacial score (nSPS) is 15.4. The van der Waals surface area contributed by atoms with Crippen LogP contribution < -0.4 is 4.74 Å². The number of rotatable bonds is 7. The molecule has 0 aliphatic carbocycles. The summed E-state index contributed by atoms with van der Waals surface area (Å²) in [6, 6.07) is 19.7. The van der Waals surface area contributed by atoms with Crippen LogP contribution in [0.5, 0.6) is 5.75 Å². The van der Waals surface area contributed by atoms with Crippen LogP contribution in [0.3, 0.4) is 0 Å². The Kier molecular flexibility index (Phi) is 7.34. The quantitative estimate of drug-likeness (QED) is 0.288. The number of piperidine rings is 1. The molecule has 0 bridgehead atoms. The molecule has 0 saturated carbocycles. The molecule has 1 aliphatic heterocycles. The van der Waals surface area contributed by atoms with Crippen LogP contribution in [0.4, 0.5) is 0 Å². The maximum atomic E-state index is 11.8. The highest BCUT2D eigenvalue weighted by atomic mass is 32.2. The fourth-order valence-corrected chi connectivity index (χ4v) is 6.01. The molecular weight excluding hydrogens is 494 g/mol. The lowest BCUT2D eigenvalue weighted by Gasteiger charge is -2.33. The Morgan fingerprint density at radius 1 is 0.947 bits per heavy atom. The van der Waals surface area contributed by atoms with Crippen LogP contribution >= 0.6 is 0 Å². The van der Waals surface area contributed by atoms with Crippen molar-refractivity contribution in [2.45, 2.75) is 44.6 Å². The van der Waals surface area contributed by atoms with E-state index in [-0.39, 0.29) is 6.10 Å². The maximum Gasteiger partial charge on any atom is 0.175 e. The minimum atomic E-state index is -3.24. The number of benzene rings is 3. The van der Waals surface area contributed by atoms with Gasteiger partial charge in [0.25, 0.3) is 0 Å². The van der Waals surface area contributed by atoms with Crippen molar-refractivity contribution in [1.82, 2.24) is 14.5 Å². The zero-order valence-corrected chi connectivity index (χ0v) is 23.8. The number of sulfone groups is 1. The molecular formula is C31H37N3O3S. The van der Waals surface area contributed by atoms with Crippen LogP contribution in [0.15, 0.2) is 65.6 Å². The predicted molar refractivity (Wildman–Crippen MR) is 154 cm³/mol. The van der Waals surface area contributed by atoms with Gasteiger partial charge in [-0.1, -0.05) is 26.0 Å². The molecule has 1 aromatic heterocycles. The maximum absolute atomic E-state index is 11.8. The molecule has 0 atom stereocenters. The molecule has 3 aromatic carbocycles. The van der Waals surface area contributed by atoms with Crippen molar-refractivity contribution in [3.63, 3.8) is 0 Å². The molecule has 1 saturated heterocycles. The summed E-state index contributed by atoms with van der Waals surface area (Å²) in [6.07, 6.45) is 3.65. The van der Waals surface area contributed by atoms with Gasteiger partial charge in [-0.25, -0.2) is 13.4 Å². The van der Waals surface area contributed by atoms with Crippen molar-refractivity contribution >= 4 is 20.9 Å². The van der Waals surface area contributed by atoms with Crippen molar-refractivity contribution in [1.29, 1.82) is 0 Å². The average Bonchev–Trinajstić information content (AvgIpc) is 3.22. The molecule has 6 nitrogen and oxygen atoms in total. The highest BCUT2D eigenvalue weighted by molar-refractivity contribution is 7.90. The largest absolute Gasteiger partial charge is 0.490 e. The Morgan fingerprint density at radius 2 is 1.58 bits per heavy atom. The Bertz CT molecular complexity index is 1530. The van der Waals surface area contributed by atoms with Gasteiger partial charge < -0.3 is 14.2 Å². The highest BCUT2D eigenvalue weighted by Crippen LogP contribution is 2.32. The fourth-order valence-electron chi connectivity index (χ4n) is 5.38. The lowest BCUT2D eigenvalue weighted by molar-refractivity contribution is 0.0941. The summed E-state index contributed by atoms with van der Waals surface area (Å²) >= 11 is 0. The minimum Gasteiger partial charge on any atom is -0.490 e. The first-order valence-corrected chi connectivity index (χ1v) is 15.2. The van der Waals surface area contributed by atoms with Gasteiger partial charge >= 0.3 is 0 Å². The van der Waals surface area contributed by atoms with Crippen molar-refractivity contribution < 1.29 is 13.2 Å². The van der Waals surface area contributed by atoms with Crippen LogP contribution in [0, 0.1) is 12.8 Å². The summed E-state index contributed by atoms with van der Waals surface area (Å²) in [4.78, 5) is 7.75. The lowest BCUT2D eigenvalue weighted by atomic mass is 10.0. The van der Waals surface area contributed by atoms with Gasteiger partial charge in [0.05, 0.1) is 15.9 Å². The molecule has 1 aliphatic rings. The van der Waals surface area contributed by atoms with E-state index in [0.29, 0.717) is 10.8 Å². The monoisotopic (exact) mass is 531 g/mol. The molecule has 0 amide bonds. The standard InChI is InChI=1S/C31H37N3O3S/c1-21(2)20-34-16-14-27(15-17-34)37-26-10-6-23(7-11-26)25-18-22(3)30-29(19-25)33(4)31(32-30)24-8-12-28(13-9-24)38(5,35)36/h6-13,18-19,21,27H,14-17,20H2,1-5H3. The van der Waals surface area contributed by atoms with Gasteiger partial charge in [-0.3, -0.25) is 0 Å². The second-order valence-corrected chi connectivity index (χ2v) is 13.0. The van der Waals surface area contributed by atoms with E-state index in [2.05, 4.69) is 66.6 Å². The van der Waals surface area contributed by atoms with E-state index in [1.807, 2.05) is 19.2 Å². The number of hydrogen-bond donors (Lipinski definition) is 0. The van der Waals surface area contributed by atoms with Crippen LogP contribution in [-0.4, -0.2) is 54.9 Å². The molecule has 200 valence electrons.